The Labute approximate surface area is 139 Å². The number of carbonyl (C=O) groups is 1. The van der Waals surface area contributed by atoms with Crippen LogP contribution in [0.15, 0.2) is 53.3 Å². The number of Topliss-reactive ketones (excluding diaryl/α,β-unsaturated/α-hetero) is 1. The van der Waals surface area contributed by atoms with Crippen molar-refractivity contribution in [3.8, 4) is 0 Å². The van der Waals surface area contributed by atoms with Gasteiger partial charge in [-0.3, -0.25) is 4.79 Å². The van der Waals surface area contributed by atoms with Crippen molar-refractivity contribution in [3.63, 3.8) is 0 Å². The first-order chi connectivity index (χ1) is 11.7. The quantitative estimate of drug-likeness (QED) is 0.789. The highest BCUT2D eigenvalue weighted by atomic mass is 16.3. The monoisotopic (exact) mass is 319 g/mol. The predicted octanol–water partition coefficient (Wildman–Crippen LogP) is 4.03. The van der Waals surface area contributed by atoms with E-state index in [1.165, 1.54) is 5.56 Å². The molecule has 24 heavy (non-hydrogen) atoms. The molecule has 0 unspecified atom stereocenters. The van der Waals surface area contributed by atoms with E-state index in [-0.39, 0.29) is 11.7 Å². The number of furan rings is 1. The number of anilines is 2. The first kappa shape index (κ1) is 14.6. The second-order valence-electron chi connectivity index (χ2n) is 6.09. The summed E-state index contributed by atoms with van der Waals surface area (Å²) in [4.78, 5) is 21.2. The highest BCUT2D eigenvalue weighted by molar-refractivity contribution is 5.98. The minimum Gasteiger partial charge on any atom is -0.469 e. The molecule has 1 atom stereocenters. The summed E-state index contributed by atoms with van der Waals surface area (Å²) in [6.07, 6.45) is 4.38. The lowest BCUT2D eigenvalue weighted by atomic mass is 9.85. The summed E-state index contributed by atoms with van der Waals surface area (Å²) in [6.45, 7) is 2.04. The zero-order valence-electron chi connectivity index (χ0n) is 13.3. The average molecular weight is 319 g/mol. The molecular weight excluding hydrogens is 302 g/mol. The summed E-state index contributed by atoms with van der Waals surface area (Å²) >= 11 is 0. The maximum Gasteiger partial charge on any atom is 0.227 e. The van der Waals surface area contributed by atoms with Gasteiger partial charge in [0.1, 0.15) is 5.76 Å². The number of benzene rings is 1. The smallest absolute Gasteiger partial charge is 0.227 e. The molecular formula is C19H17N3O2. The predicted molar refractivity (Wildman–Crippen MR) is 90.6 cm³/mol. The first-order valence-electron chi connectivity index (χ1n) is 7.95. The van der Waals surface area contributed by atoms with Crippen LogP contribution in [0.2, 0.25) is 0 Å². The molecule has 0 amide bonds. The Bertz CT molecular complexity index is 870. The number of carbonyl (C=O) groups excluding carboxylic acids is 1. The standard InChI is InChI=1S/C19H17N3O2/c1-12-4-6-14(7-5-12)21-19-20-11-15-16(22-19)9-13(10-17(15)23)18-3-2-8-24-18/h2-8,11,13H,9-10H2,1H3,(H,20,21,22)/t13-/m1/s1. The molecule has 120 valence electrons. The Morgan fingerprint density at radius 3 is 2.75 bits per heavy atom. The molecule has 1 aromatic carbocycles. The van der Waals surface area contributed by atoms with Gasteiger partial charge in [-0.15, -0.1) is 0 Å². The van der Waals surface area contributed by atoms with Crippen LogP contribution in [0.4, 0.5) is 11.6 Å². The molecule has 3 aromatic rings. The second kappa shape index (κ2) is 5.92. The number of hydrogen-bond donors (Lipinski definition) is 1. The van der Waals surface area contributed by atoms with Gasteiger partial charge in [0.15, 0.2) is 5.78 Å². The van der Waals surface area contributed by atoms with Gasteiger partial charge in [0.2, 0.25) is 5.95 Å². The zero-order valence-corrected chi connectivity index (χ0v) is 13.3. The molecule has 4 rings (SSSR count). The number of aryl methyl sites for hydroxylation is 1. The Kier molecular flexibility index (Phi) is 3.61. The van der Waals surface area contributed by atoms with E-state index >= 15 is 0 Å². The van der Waals surface area contributed by atoms with Crippen molar-refractivity contribution < 1.29 is 9.21 Å². The van der Waals surface area contributed by atoms with Crippen LogP contribution in [-0.2, 0) is 6.42 Å². The van der Waals surface area contributed by atoms with E-state index in [9.17, 15) is 4.79 Å². The fourth-order valence-corrected chi connectivity index (χ4v) is 3.00. The molecule has 2 aromatic heterocycles. The number of hydrogen-bond acceptors (Lipinski definition) is 5. The molecule has 0 bridgehead atoms. The van der Waals surface area contributed by atoms with E-state index in [1.807, 2.05) is 43.3 Å². The third kappa shape index (κ3) is 2.80. The highest BCUT2D eigenvalue weighted by Crippen LogP contribution is 2.32. The van der Waals surface area contributed by atoms with Gasteiger partial charge in [-0.25, -0.2) is 9.97 Å². The maximum atomic E-state index is 12.4. The summed E-state index contributed by atoms with van der Waals surface area (Å²) in [5.74, 6) is 1.45. The van der Waals surface area contributed by atoms with Crippen LogP contribution in [0.1, 0.15) is 39.7 Å². The van der Waals surface area contributed by atoms with E-state index in [0.29, 0.717) is 24.4 Å². The molecule has 5 nitrogen and oxygen atoms in total. The molecule has 0 aliphatic heterocycles. The lowest BCUT2D eigenvalue weighted by Gasteiger charge is -2.21. The molecule has 0 spiro atoms. The fraction of sp³-hybridized carbons (Fsp3) is 0.211. The molecule has 1 N–H and O–H groups in total. The minimum absolute atomic E-state index is 0.0436. The van der Waals surface area contributed by atoms with Crippen molar-refractivity contribution in [2.75, 3.05) is 5.32 Å². The van der Waals surface area contributed by atoms with Crippen LogP contribution in [0.5, 0.6) is 0 Å². The van der Waals surface area contributed by atoms with E-state index in [4.69, 9.17) is 4.42 Å². The summed E-state index contributed by atoms with van der Waals surface area (Å²) in [7, 11) is 0. The van der Waals surface area contributed by atoms with Crippen molar-refractivity contribution >= 4 is 17.4 Å². The number of aromatic nitrogens is 2. The van der Waals surface area contributed by atoms with Gasteiger partial charge >= 0.3 is 0 Å². The van der Waals surface area contributed by atoms with E-state index in [0.717, 1.165) is 17.1 Å². The van der Waals surface area contributed by atoms with Gasteiger partial charge in [0.25, 0.3) is 0 Å². The van der Waals surface area contributed by atoms with Crippen molar-refractivity contribution in [2.45, 2.75) is 25.7 Å². The van der Waals surface area contributed by atoms with Crippen molar-refractivity contribution in [1.29, 1.82) is 0 Å². The molecule has 0 fully saturated rings. The third-order valence-electron chi connectivity index (χ3n) is 4.29. The van der Waals surface area contributed by atoms with Crippen LogP contribution in [0, 0.1) is 6.92 Å². The topological polar surface area (TPSA) is 68.0 Å². The fourth-order valence-electron chi connectivity index (χ4n) is 3.00. The van der Waals surface area contributed by atoms with Crippen LogP contribution < -0.4 is 5.32 Å². The molecule has 0 radical (unpaired) electrons. The van der Waals surface area contributed by atoms with Gasteiger partial charge in [0.05, 0.1) is 17.5 Å². The summed E-state index contributed by atoms with van der Waals surface area (Å²) < 4.78 is 5.46. The zero-order chi connectivity index (χ0) is 16.5. The third-order valence-corrected chi connectivity index (χ3v) is 4.29. The largest absolute Gasteiger partial charge is 0.469 e. The molecule has 0 saturated heterocycles. The van der Waals surface area contributed by atoms with E-state index < -0.39 is 0 Å². The van der Waals surface area contributed by atoms with E-state index in [1.54, 1.807) is 12.5 Å². The van der Waals surface area contributed by atoms with Gasteiger partial charge < -0.3 is 9.73 Å². The van der Waals surface area contributed by atoms with Crippen molar-refractivity contribution in [3.05, 3.63) is 71.4 Å². The molecule has 1 aliphatic carbocycles. The van der Waals surface area contributed by atoms with Crippen LogP contribution >= 0.6 is 0 Å². The molecule has 2 heterocycles. The SMILES string of the molecule is Cc1ccc(Nc2ncc3c(n2)C[C@@H](c2ccco2)CC3=O)cc1. The number of rotatable bonds is 3. The Hall–Kier alpha value is -2.95. The number of ketones is 1. The summed E-state index contributed by atoms with van der Waals surface area (Å²) in [5, 5.41) is 3.19. The Balaban J connectivity index is 1.61. The molecule has 0 saturated carbocycles. The Morgan fingerprint density at radius 1 is 1.17 bits per heavy atom. The lowest BCUT2D eigenvalue weighted by Crippen LogP contribution is -2.20. The first-order valence-corrected chi connectivity index (χ1v) is 7.95. The van der Waals surface area contributed by atoms with Crippen molar-refractivity contribution in [1.82, 2.24) is 9.97 Å². The Morgan fingerprint density at radius 2 is 2.00 bits per heavy atom. The molecule has 1 aliphatic rings. The minimum atomic E-state index is 0.0436. The lowest BCUT2D eigenvalue weighted by molar-refractivity contribution is 0.0958. The normalized spacial score (nSPS) is 16.7. The van der Waals surface area contributed by atoms with Crippen LogP contribution in [-0.4, -0.2) is 15.8 Å². The van der Waals surface area contributed by atoms with Gasteiger partial charge in [-0.05, 0) is 31.2 Å². The molecule has 5 heteroatoms. The van der Waals surface area contributed by atoms with E-state index in [2.05, 4.69) is 15.3 Å². The highest BCUT2D eigenvalue weighted by Gasteiger charge is 2.29. The number of nitrogens with one attached hydrogen (secondary N) is 1. The van der Waals surface area contributed by atoms with Crippen LogP contribution in [0.3, 0.4) is 0 Å². The average Bonchev–Trinajstić information content (AvgIpc) is 3.11. The summed E-state index contributed by atoms with van der Waals surface area (Å²) in [5.41, 5.74) is 3.51. The summed E-state index contributed by atoms with van der Waals surface area (Å²) in [6, 6.07) is 11.8. The second-order valence-corrected chi connectivity index (χ2v) is 6.09. The number of fused-ring (bicyclic) bond motifs is 1. The van der Waals surface area contributed by atoms with Gasteiger partial charge in [0, 0.05) is 30.6 Å². The van der Waals surface area contributed by atoms with Crippen LogP contribution in [0.25, 0.3) is 0 Å². The van der Waals surface area contributed by atoms with Crippen molar-refractivity contribution in [2.24, 2.45) is 0 Å². The maximum absolute atomic E-state index is 12.4. The number of nitrogens with zero attached hydrogens (tertiary/aromatic N) is 2. The van der Waals surface area contributed by atoms with Gasteiger partial charge in [-0.2, -0.15) is 0 Å². The van der Waals surface area contributed by atoms with Gasteiger partial charge in [-0.1, -0.05) is 17.7 Å².